The van der Waals surface area contributed by atoms with Crippen LogP contribution in [0.25, 0.3) is 17.4 Å². The second-order valence-electron chi connectivity index (χ2n) is 9.13. The Labute approximate surface area is 240 Å². The summed E-state index contributed by atoms with van der Waals surface area (Å²) in [6, 6.07) is 15.8. The first-order valence-corrected chi connectivity index (χ1v) is 13.9. The molecule has 1 atom stereocenters. The van der Waals surface area contributed by atoms with Gasteiger partial charge in [-0.3, -0.25) is 9.36 Å². The fraction of sp³-hybridized carbons (Fsp3) is 0.194. The van der Waals surface area contributed by atoms with Gasteiger partial charge in [0.05, 0.1) is 28.5 Å². The predicted molar refractivity (Wildman–Crippen MR) is 156 cm³/mol. The Kier molecular flexibility index (Phi) is 7.91. The second kappa shape index (κ2) is 11.5. The number of rotatable bonds is 8. The van der Waals surface area contributed by atoms with Gasteiger partial charge in [0.2, 0.25) is 0 Å². The molecular formula is C31H27ClN2O5S. The van der Waals surface area contributed by atoms with Crippen molar-refractivity contribution in [3.8, 4) is 17.1 Å². The number of allylic oxidation sites excluding steroid dienone is 1. The Morgan fingerprint density at radius 1 is 1.18 bits per heavy atom. The third-order valence-corrected chi connectivity index (χ3v) is 7.66. The number of nitrogens with zero attached hydrogens (tertiary/aromatic N) is 2. The normalized spacial score (nSPS) is 15.0. The van der Waals surface area contributed by atoms with Crippen LogP contribution in [0.4, 0.5) is 0 Å². The van der Waals surface area contributed by atoms with E-state index in [2.05, 4.69) is 11.6 Å². The van der Waals surface area contributed by atoms with E-state index in [1.54, 1.807) is 42.7 Å². The number of carbonyl (C=O) groups excluding carboxylic acids is 1. The van der Waals surface area contributed by atoms with Crippen molar-refractivity contribution >= 4 is 35.0 Å². The third kappa shape index (κ3) is 5.33. The molecule has 1 aliphatic heterocycles. The molecule has 0 radical (unpaired) electrons. The van der Waals surface area contributed by atoms with Gasteiger partial charge in [-0.1, -0.05) is 53.8 Å². The number of hydrogen-bond acceptors (Lipinski definition) is 7. The Morgan fingerprint density at radius 2 is 1.95 bits per heavy atom. The summed E-state index contributed by atoms with van der Waals surface area (Å²) in [5.41, 5.74) is 3.16. The van der Waals surface area contributed by atoms with Crippen molar-refractivity contribution in [1.82, 2.24) is 4.57 Å². The minimum atomic E-state index is -0.716. The number of esters is 1. The first-order valence-electron chi connectivity index (χ1n) is 12.7. The van der Waals surface area contributed by atoms with Gasteiger partial charge in [0.15, 0.2) is 4.80 Å². The summed E-state index contributed by atoms with van der Waals surface area (Å²) < 4.78 is 19.0. The lowest BCUT2D eigenvalue weighted by atomic mass is 9.96. The van der Waals surface area contributed by atoms with Gasteiger partial charge in [-0.25, -0.2) is 9.79 Å². The summed E-state index contributed by atoms with van der Waals surface area (Å²) in [4.78, 5) is 32.0. The van der Waals surface area contributed by atoms with Gasteiger partial charge in [0, 0.05) is 16.7 Å². The minimum absolute atomic E-state index is 0.202. The molecule has 0 bridgehead atoms. The topological polar surface area (TPSA) is 83.0 Å². The van der Waals surface area contributed by atoms with Gasteiger partial charge < -0.3 is 13.9 Å². The highest BCUT2D eigenvalue weighted by molar-refractivity contribution is 7.07. The zero-order chi connectivity index (χ0) is 28.4. The quantitative estimate of drug-likeness (QED) is 0.202. The van der Waals surface area contributed by atoms with Crippen molar-refractivity contribution in [2.24, 2.45) is 4.99 Å². The summed E-state index contributed by atoms with van der Waals surface area (Å²) in [6.07, 6.45) is 3.36. The van der Waals surface area contributed by atoms with Crippen LogP contribution in [0.3, 0.4) is 0 Å². The van der Waals surface area contributed by atoms with E-state index in [0.29, 0.717) is 49.5 Å². The molecule has 0 amide bonds. The van der Waals surface area contributed by atoms with E-state index in [9.17, 15) is 9.59 Å². The van der Waals surface area contributed by atoms with E-state index in [-0.39, 0.29) is 12.2 Å². The summed E-state index contributed by atoms with van der Waals surface area (Å²) in [5.74, 6) is 1.30. The fourth-order valence-corrected chi connectivity index (χ4v) is 5.77. The Balaban J connectivity index is 1.61. The van der Waals surface area contributed by atoms with Gasteiger partial charge in [-0.15, -0.1) is 0 Å². The molecule has 7 nitrogen and oxygen atoms in total. The highest BCUT2D eigenvalue weighted by atomic mass is 35.5. The number of benzene rings is 2. The number of furan rings is 1. The summed E-state index contributed by atoms with van der Waals surface area (Å²) in [7, 11) is 0. The smallest absolute Gasteiger partial charge is 0.338 e. The van der Waals surface area contributed by atoms with Gasteiger partial charge in [-0.05, 0) is 68.3 Å². The number of fused-ring (bicyclic) bond motifs is 1. The molecule has 204 valence electrons. The molecule has 0 unspecified atom stereocenters. The molecule has 0 saturated carbocycles. The maximum absolute atomic E-state index is 13.8. The Morgan fingerprint density at radius 3 is 2.67 bits per heavy atom. The number of carbonyl (C=O) groups is 1. The molecule has 2 aromatic carbocycles. The number of ether oxygens (including phenoxy) is 2. The summed E-state index contributed by atoms with van der Waals surface area (Å²) >= 11 is 7.43. The first kappa shape index (κ1) is 27.4. The average molecular weight is 575 g/mol. The highest BCUT2D eigenvalue weighted by Crippen LogP contribution is 2.32. The van der Waals surface area contributed by atoms with Crippen LogP contribution in [0.2, 0.25) is 5.02 Å². The molecule has 4 aromatic rings. The van der Waals surface area contributed by atoms with Crippen molar-refractivity contribution in [2.45, 2.75) is 26.8 Å². The molecule has 3 heterocycles. The molecule has 9 heteroatoms. The van der Waals surface area contributed by atoms with Crippen LogP contribution >= 0.6 is 22.9 Å². The molecule has 0 N–H and O–H groups in total. The van der Waals surface area contributed by atoms with Crippen molar-refractivity contribution in [1.29, 1.82) is 0 Å². The highest BCUT2D eigenvalue weighted by Gasteiger charge is 2.33. The van der Waals surface area contributed by atoms with Crippen LogP contribution in [0.1, 0.15) is 36.8 Å². The number of thiazole rings is 1. The van der Waals surface area contributed by atoms with Crippen LogP contribution in [0.5, 0.6) is 5.75 Å². The van der Waals surface area contributed by atoms with Gasteiger partial charge in [0.1, 0.15) is 23.9 Å². The molecule has 5 rings (SSSR count). The Bertz CT molecular complexity index is 1810. The molecule has 40 heavy (non-hydrogen) atoms. The lowest BCUT2D eigenvalue weighted by Gasteiger charge is -2.24. The van der Waals surface area contributed by atoms with Gasteiger partial charge >= 0.3 is 5.97 Å². The lowest BCUT2D eigenvalue weighted by Crippen LogP contribution is -2.39. The molecule has 0 aliphatic carbocycles. The van der Waals surface area contributed by atoms with E-state index >= 15 is 0 Å². The molecule has 0 spiro atoms. The van der Waals surface area contributed by atoms with Crippen molar-refractivity contribution in [3.63, 3.8) is 0 Å². The maximum atomic E-state index is 13.8. The van der Waals surface area contributed by atoms with Gasteiger partial charge in [-0.2, -0.15) is 0 Å². The largest absolute Gasteiger partial charge is 0.490 e. The number of aromatic nitrogens is 1. The molecular weight excluding hydrogens is 548 g/mol. The predicted octanol–water partition coefficient (Wildman–Crippen LogP) is 5.58. The van der Waals surface area contributed by atoms with Gasteiger partial charge in [0.25, 0.3) is 5.56 Å². The molecule has 0 saturated heterocycles. The minimum Gasteiger partial charge on any atom is -0.490 e. The fourth-order valence-electron chi connectivity index (χ4n) is 4.57. The van der Waals surface area contributed by atoms with Crippen LogP contribution in [0, 0.1) is 6.92 Å². The first-order chi connectivity index (χ1) is 19.3. The SMILES string of the molecule is C=CCOc1ccc([C@H]2C(C(=O)OCC)=C(C)N=c3s/c(=C\c4ccc(-c5cc(Cl)ccc5C)o4)c(=O)n32)cc1. The standard InChI is InChI=1S/C31H27ClN2O5S/c1-5-15-38-22-11-8-20(9-12-22)28-27(30(36)37-6-2)19(4)33-31-34(28)29(35)26(40-31)17-23-13-14-25(39-23)24-16-21(32)10-7-18(24)3/h5,7-14,16-17,28H,1,6,15H2,2-4H3/b26-17-/t28-/m0/s1. The van der Waals surface area contributed by atoms with Crippen LogP contribution < -0.4 is 19.6 Å². The molecule has 0 fully saturated rings. The van der Waals surface area contributed by atoms with Crippen molar-refractivity contribution in [3.05, 3.63) is 120 Å². The zero-order valence-electron chi connectivity index (χ0n) is 22.3. The molecule has 1 aliphatic rings. The van der Waals surface area contributed by atoms with Crippen LogP contribution in [-0.4, -0.2) is 23.8 Å². The third-order valence-electron chi connectivity index (χ3n) is 6.45. The number of aryl methyl sites for hydroxylation is 1. The summed E-state index contributed by atoms with van der Waals surface area (Å²) in [5, 5.41) is 0.611. The maximum Gasteiger partial charge on any atom is 0.338 e. The van der Waals surface area contributed by atoms with Crippen LogP contribution in [0.15, 0.2) is 92.7 Å². The monoisotopic (exact) mass is 574 g/mol. The van der Waals surface area contributed by atoms with E-state index in [1.165, 1.54) is 11.3 Å². The van der Waals surface area contributed by atoms with Crippen molar-refractivity contribution in [2.75, 3.05) is 13.2 Å². The zero-order valence-corrected chi connectivity index (χ0v) is 23.8. The summed E-state index contributed by atoms with van der Waals surface area (Å²) in [6.45, 7) is 9.71. The van der Waals surface area contributed by atoms with Crippen LogP contribution in [-0.2, 0) is 9.53 Å². The Hall–Kier alpha value is -4.14. The van der Waals surface area contributed by atoms with E-state index in [1.807, 2.05) is 49.4 Å². The average Bonchev–Trinajstić information content (AvgIpc) is 3.52. The lowest BCUT2D eigenvalue weighted by molar-refractivity contribution is -0.139. The number of halogens is 1. The number of hydrogen-bond donors (Lipinski definition) is 0. The van der Waals surface area contributed by atoms with E-state index < -0.39 is 12.0 Å². The molecule has 2 aromatic heterocycles. The van der Waals surface area contributed by atoms with Crippen molar-refractivity contribution < 1.29 is 18.7 Å². The second-order valence-corrected chi connectivity index (χ2v) is 10.6. The van der Waals surface area contributed by atoms with E-state index in [0.717, 1.165) is 16.7 Å². The van der Waals surface area contributed by atoms with E-state index in [4.69, 9.17) is 25.5 Å².